The third-order valence-electron chi connectivity index (χ3n) is 2.73. The highest BCUT2D eigenvalue weighted by Gasteiger charge is 2.04. The first kappa shape index (κ1) is 14.9. The fraction of sp³-hybridized carbons (Fsp3) is 0.333. The SMILES string of the molecule is CCCOc1ccc(Br)cc1CNCc1cccnn1. The minimum absolute atomic E-state index is 0.688. The van der Waals surface area contributed by atoms with E-state index in [1.165, 1.54) is 0 Å². The third-order valence-corrected chi connectivity index (χ3v) is 3.23. The Morgan fingerprint density at radius 2 is 2.15 bits per heavy atom. The van der Waals surface area contributed by atoms with Crippen molar-refractivity contribution in [3.05, 3.63) is 52.3 Å². The molecule has 0 saturated carbocycles. The summed E-state index contributed by atoms with van der Waals surface area (Å²) in [7, 11) is 0. The number of nitrogens with one attached hydrogen (secondary N) is 1. The number of aromatic nitrogens is 2. The van der Waals surface area contributed by atoms with Crippen LogP contribution in [0.3, 0.4) is 0 Å². The van der Waals surface area contributed by atoms with Crippen LogP contribution in [0.1, 0.15) is 24.6 Å². The molecular formula is C15H18BrN3O. The average molecular weight is 336 g/mol. The van der Waals surface area contributed by atoms with E-state index in [0.29, 0.717) is 6.54 Å². The largest absolute Gasteiger partial charge is 0.493 e. The lowest BCUT2D eigenvalue weighted by atomic mass is 10.2. The highest BCUT2D eigenvalue weighted by Crippen LogP contribution is 2.23. The molecule has 1 aromatic heterocycles. The Morgan fingerprint density at radius 1 is 1.25 bits per heavy atom. The summed E-state index contributed by atoms with van der Waals surface area (Å²) in [5.74, 6) is 0.932. The topological polar surface area (TPSA) is 47.0 Å². The maximum absolute atomic E-state index is 5.76. The van der Waals surface area contributed by atoms with E-state index < -0.39 is 0 Å². The standard InChI is InChI=1S/C15H18BrN3O/c1-2-8-20-15-6-5-13(16)9-12(15)10-17-11-14-4-3-7-18-19-14/h3-7,9,17H,2,8,10-11H2,1H3. The van der Waals surface area contributed by atoms with E-state index >= 15 is 0 Å². The van der Waals surface area contributed by atoms with Crippen molar-refractivity contribution in [2.24, 2.45) is 0 Å². The number of hydrogen-bond donors (Lipinski definition) is 1. The quantitative estimate of drug-likeness (QED) is 0.843. The van der Waals surface area contributed by atoms with E-state index in [1.807, 2.05) is 24.3 Å². The Bertz CT molecular complexity index is 534. The van der Waals surface area contributed by atoms with Gasteiger partial charge in [-0.1, -0.05) is 22.9 Å². The number of hydrogen-bond acceptors (Lipinski definition) is 4. The van der Waals surface area contributed by atoms with Crippen LogP contribution in [0.5, 0.6) is 5.75 Å². The first-order valence-corrected chi connectivity index (χ1v) is 7.47. The predicted octanol–water partition coefficient (Wildman–Crippen LogP) is 3.32. The first-order chi connectivity index (χ1) is 9.79. The van der Waals surface area contributed by atoms with E-state index in [9.17, 15) is 0 Å². The van der Waals surface area contributed by atoms with Crippen molar-refractivity contribution < 1.29 is 4.74 Å². The summed E-state index contributed by atoms with van der Waals surface area (Å²) in [6, 6.07) is 9.92. The molecule has 2 aromatic rings. The van der Waals surface area contributed by atoms with Crippen molar-refractivity contribution in [3.63, 3.8) is 0 Å². The van der Waals surface area contributed by atoms with Crippen LogP contribution in [0.25, 0.3) is 0 Å². The Labute approximate surface area is 127 Å². The summed E-state index contributed by atoms with van der Waals surface area (Å²) < 4.78 is 6.81. The van der Waals surface area contributed by atoms with Gasteiger partial charge in [-0.25, -0.2) is 0 Å². The number of ether oxygens (including phenoxy) is 1. The molecule has 0 amide bonds. The summed E-state index contributed by atoms with van der Waals surface area (Å²) in [5.41, 5.74) is 2.07. The minimum atomic E-state index is 0.688. The van der Waals surface area contributed by atoms with E-state index in [0.717, 1.165) is 41.1 Å². The fourth-order valence-electron chi connectivity index (χ4n) is 1.79. The molecular weight excluding hydrogens is 318 g/mol. The van der Waals surface area contributed by atoms with Crippen molar-refractivity contribution in [1.29, 1.82) is 0 Å². The highest BCUT2D eigenvalue weighted by atomic mass is 79.9. The number of halogens is 1. The molecule has 106 valence electrons. The fourth-order valence-corrected chi connectivity index (χ4v) is 2.20. The van der Waals surface area contributed by atoms with Crippen LogP contribution in [-0.2, 0) is 13.1 Å². The van der Waals surface area contributed by atoms with Crippen LogP contribution < -0.4 is 10.1 Å². The van der Waals surface area contributed by atoms with Gasteiger partial charge in [-0.15, -0.1) is 0 Å². The smallest absolute Gasteiger partial charge is 0.123 e. The summed E-state index contributed by atoms with van der Waals surface area (Å²) >= 11 is 3.50. The molecule has 0 aliphatic carbocycles. The van der Waals surface area contributed by atoms with Gasteiger partial charge >= 0.3 is 0 Å². The zero-order chi connectivity index (χ0) is 14.2. The van der Waals surface area contributed by atoms with Gasteiger partial charge in [-0.3, -0.25) is 0 Å². The van der Waals surface area contributed by atoms with Gasteiger partial charge in [-0.05, 0) is 36.8 Å². The van der Waals surface area contributed by atoms with Gasteiger partial charge < -0.3 is 10.1 Å². The van der Waals surface area contributed by atoms with Crippen molar-refractivity contribution in [2.75, 3.05) is 6.61 Å². The van der Waals surface area contributed by atoms with Crippen molar-refractivity contribution in [1.82, 2.24) is 15.5 Å². The van der Waals surface area contributed by atoms with E-state index in [4.69, 9.17) is 4.74 Å². The van der Waals surface area contributed by atoms with E-state index in [1.54, 1.807) is 6.20 Å². The molecule has 0 bridgehead atoms. The van der Waals surface area contributed by atoms with Crippen LogP contribution in [0.15, 0.2) is 41.0 Å². The number of rotatable bonds is 7. The summed E-state index contributed by atoms with van der Waals surface area (Å²) in [6.07, 6.45) is 2.68. The summed E-state index contributed by atoms with van der Waals surface area (Å²) in [6.45, 7) is 4.26. The van der Waals surface area contributed by atoms with Crippen LogP contribution >= 0.6 is 15.9 Å². The van der Waals surface area contributed by atoms with Crippen LogP contribution in [0.4, 0.5) is 0 Å². The lowest BCUT2D eigenvalue weighted by Gasteiger charge is -2.12. The predicted molar refractivity (Wildman–Crippen MR) is 82.5 cm³/mol. The van der Waals surface area contributed by atoms with Crippen LogP contribution in [-0.4, -0.2) is 16.8 Å². The maximum atomic E-state index is 5.76. The number of nitrogens with zero attached hydrogens (tertiary/aromatic N) is 2. The van der Waals surface area contributed by atoms with Gasteiger partial charge in [0, 0.05) is 29.3 Å². The van der Waals surface area contributed by atoms with Gasteiger partial charge in [0.25, 0.3) is 0 Å². The molecule has 0 atom stereocenters. The van der Waals surface area contributed by atoms with Gasteiger partial charge in [-0.2, -0.15) is 10.2 Å². The van der Waals surface area contributed by atoms with Gasteiger partial charge in [0.15, 0.2) is 0 Å². The lowest BCUT2D eigenvalue weighted by Crippen LogP contribution is -2.15. The second-order valence-corrected chi connectivity index (χ2v) is 5.33. The first-order valence-electron chi connectivity index (χ1n) is 6.68. The monoisotopic (exact) mass is 335 g/mol. The zero-order valence-corrected chi connectivity index (χ0v) is 13.1. The maximum Gasteiger partial charge on any atom is 0.123 e. The molecule has 0 spiro atoms. The Balaban J connectivity index is 1.95. The summed E-state index contributed by atoms with van der Waals surface area (Å²) in [4.78, 5) is 0. The Morgan fingerprint density at radius 3 is 2.90 bits per heavy atom. The molecule has 4 nitrogen and oxygen atoms in total. The van der Waals surface area contributed by atoms with Crippen molar-refractivity contribution in [2.45, 2.75) is 26.4 Å². The van der Waals surface area contributed by atoms with Gasteiger partial charge in [0.2, 0.25) is 0 Å². The number of benzene rings is 1. The molecule has 20 heavy (non-hydrogen) atoms. The molecule has 1 aromatic carbocycles. The van der Waals surface area contributed by atoms with Gasteiger partial charge in [0.1, 0.15) is 5.75 Å². The van der Waals surface area contributed by atoms with Crippen LogP contribution in [0.2, 0.25) is 0 Å². The minimum Gasteiger partial charge on any atom is -0.493 e. The van der Waals surface area contributed by atoms with E-state index in [-0.39, 0.29) is 0 Å². The van der Waals surface area contributed by atoms with E-state index in [2.05, 4.69) is 44.4 Å². The average Bonchev–Trinajstić information content (AvgIpc) is 2.47. The molecule has 0 saturated heterocycles. The zero-order valence-electron chi connectivity index (χ0n) is 11.5. The molecule has 5 heteroatoms. The van der Waals surface area contributed by atoms with Crippen LogP contribution in [0, 0.1) is 0 Å². The molecule has 0 fully saturated rings. The second kappa shape index (κ2) is 7.97. The molecule has 0 aliphatic rings. The lowest BCUT2D eigenvalue weighted by molar-refractivity contribution is 0.313. The molecule has 0 radical (unpaired) electrons. The normalized spacial score (nSPS) is 10.5. The third kappa shape index (κ3) is 4.58. The molecule has 0 aliphatic heterocycles. The van der Waals surface area contributed by atoms with Gasteiger partial charge in [0.05, 0.1) is 12.3 Å². The molecule has 1 heterocycles. The van der Waals surface area contributed by atoms with Crippen molar-refractivity contribution in [3.8, 4) is 5.75 Å². The highest BCUT2D eigenvalue weighted by molar-refractivity contribution is 9.10. The van der Waals surface area contributed by atoms with Crippen molar-refractivity contribution >= 4 is 15.9 Å². The second-order valence-electron chi connectivity index (χ2n) is 4.42. The summed E-state index contributed by atoms with van der Waals surface area (Å²) in [5, 5.41) is 11.3. The molecule has 0 unspecified atom stereocenters. The molecule has 2 rings (SSSR count). The Hall–Kier alpha value is -1.46. The Kier molecular flexibility index (Phi) is 5.95. The molecule has 1 N–H and O–H groups in total.